The number of rotatable bonds is 5. The Hall–Kier alpha value is -3.86. The lowest BCUT2D eigenvalue weighted by molar-refractivity contribution is -0.142. The van der Waals surface area contributed by atoms with Crippen molar-refractivity contribution in [2.75, 3.05) is 13.1 Å². The maximum atomic E-state index is 13.5. The van der Waals surface area contributed by atoms with Crippen LogP contribution in [0.2, 0.25) is 5.02 Å². The highest BCUT2D eigenvalue weighted by Gasteiger charge is 2.43. The second kappa shape index (κ2) is 11.3. The lowest BCUT2D eigenvalue weighted by atomic mass is 9.74. The van der Waals surface area contributed by atoms with E-state index >= 15 is 0 Å². The Kier molecular flexibility index (Phi) is 7.72. The maximum absolute atomic E-state index is 13.5. The first-order valence-electron chi connectivity index (χ1n) is 14.4. The van der Waals surface area contributed by atoms with Gasteiger partial charge in [-0.3, -0.25) is 9.59 Å². The molecule has 1 aromatic heterocycles. The first kappa shape index (κ1) is 30.2. The first-order valence-corrected chi connectivity index (χ1v) is 14.8. The highest BCUT2D eigenvalue weighted by atomic mass is 35.5. The lowest BCUT2D eigenvalue weighted by Crippen LogP contribution is -2.50. The Morgan fingerprint density at radius 3 is 2.41 bits per heavy atom. The molecule has 4 N–H and O–H groups in total. The first-order chi connectivity index (χ1) is 20.8. The van der Waals surface area contributed by atoms with Crippen molar-refractivity contribution >= 4 is 34.3 Å². The highest BCUT2D eigenvalue weighted by molar-refractivity contribution is 6.31. The largest absolute Gasteiger partial charge is 0.416 e. The fraction of sp³-hybridized carbons (Fsp3) is 0.333. The van der Waals surface area contributed by atoms with Gasteiger partial charge in [-0.25, -0.2) is 0 Å². The van der Waals surface area contributed by atoms with Crippen LogP contribution in [-0.2, 0) is 28.6 Å². The van der Waals surface area contributed by atoms with E-state index < -0.39 is 29.0 Å². The minimum absolute atomic E-state index is 0.122. The molecule has 0 bridgehead atoms. The van der Waals surface area contributed by atoms with Crippen molar-refractivity contribution in [3.63, 3.8) is 0 Å². The number of benzene rings is 3. The van der Waals surface area contributed by atoms with Gasteiger partial charge in [0.2, 0.25) is 5.91 Å². The molecule has 230 valence electrons. The summed E-state index contributed by atoms with van der Waals surface area (Å²) in [5.41, 5.74) is -0.738. The summed E-state index contributed by atoms with van der Waals surface area (Å²) in [7, 11) is 0. The molecule has 2 amide bonds. The number of hydrogen-bond acceptors (Lipinski definition) is 4. The Morgan fingerprint density at radius 2 is 1.70 bits per heavy atom. The number of aromatic nitrogens is 1. The summed E-state index contributed by atoms with van der Waals surface area (Å²) in [4.78, 5) is 31.4. The number of likely N-dealkylation sites (tertiary alicyclic amines) is 1. The Bertz CT molecular complexity index is 1710. The van der Waals surface area contributed by atoms with E-state index in [9.17, 15) is 33.0 Å². The highest BCUT2D eigenvalue weighted by Crippen LogP contribution is 2.40. The predicted molar refractivity (Wildman–Crippen MR) is 159 cm³/mol. The molecule has 0 spiro atoms. The summed E-state index contributed by atoms with van der Waals surface area (Å²) in [5, 5.41) is 27.5. The standard InChI is InChI=1S/C33H31ClF3N3O4/c34-24-9-10-27-21(15-24)17-28(39-27)30(42)38-25-16-20-3-1-2-4-26(20)32(44,18-25)19-29(41)40-13-11-31(43,12-14-40)22-5-7-23(8-6-22)33(35,36)37/h1-10,15,17,25,39,43-44H,11-14,16,18-19H2,(H,38,42)/t25?,32-/m0/s1. The van der Waals surface area contributed by atoms with Crippen LogP contribution in [0.15, 0.2) is 72.8 Å². The number of H-pyrrole nitrogens is 1. The Morgan fingerprint density at radius 1 is 1.00 bits per heavy atom. The van der Waals surface area contributed by atoms with E-state index in [0.717, 1.165) is 28.6 Å². The normalized spacial score (nSPS) is 21.6. The minimum atomic E-state index is -4.47. The van der Waals surface area contributed by atoms with Gasteiger partial charge in [0.05, 0.1) is 17.6 Å². The fourth-order valence-electron chi connectivity index (χ4n) is 6.51. The molecular formula is C33H31ClF3N3O4. The van der Waals surface area contributed by atoms with Crippen LogP contribution < -0.4 is 5.32 Å². The van der Waals surface area contributed by atoms with E-state index in [-0.39, 0.29) is 50.6 Å². The van der Waals surface area contributed by atoms with E-state index in [1.807, 2.05) is 12.1 Å². The number of hydrogen-bond donors (Lipinski definition) is 4. The number of amides is 2. The molecule has 11 heteroatoms. The van der Waals surface area contributed by atoms with E-state index in [1.165, 1.54) is 12.1 Å². The maximum Gasteiger partial charge on any atom is 0.416 e. The monoisotopic (exact) mass is 625 g/mol. The molecule has 1 unspecified atom stereocenters. The molecule has 3 aromatic carbocycles. The van der Waals surface area contributed by atoms with Gasteiger partial charge >= 0.3 is 6.18 Å². The van der Waals surface area contributed by atoms with Crippen LogP contribution in [0.1, 0.15) is 58.4 Å². The van der Waals surface area contributed by atoms with Gasteiger partial charge in [0, 0.05) is 41.5 Å². The Labute approximate surface area is 256 Å². The average molecular weight is 626 g/mol. The number of aliphatic hydroxyl groups is 2. The van der Waals surface area contributed by atoms with Gasteiger partial charge in [0.15, 0.2) is 0 Å². The van der Waals surface area contributed by atoms with Crippen LogP contribution >= 0.6 is 11.6 Å². The summed E-state index contributed by atoms with van der Waals surface area (Å²) in [6, 6.07) is 18.3. The van der Waals surface area contributed by atoms with Gasteiger partial charge in [-0.05, 0) is 72.4 Å². The Balaban J connectivity index is 1.14. The lowest BCUT2D eigenvalue weighted by Gasteiger charge is -2.42. The zero-order valence-corrected chi connectivity index (χ0v) is 24.4. The minimum Gasteiger partial charge on any atom is -0.385 e. The van der Waals surface area contributed by atoms with Crippen LogP contribution in [0.4, 0.5) is 13.2 Å². The fourth-order valence-corrected chi connectivity index (χ4v) is 6.69. The second-order valence-corrected chi connectivity index (χ2v) is 12.3. The quantitative estimate of drug-likeness (QED) is 0.229. The third-order valence-corrected chi connectivity index (χ3v) is 9.10. The van der Waals surface area contributed by atoms with E-state index in [0.29, 0.717) is 28.3 Å². The summed E-state index contributed by atoms with van der Waals surface area (Å²) >= 11 is 6.08. The van der Waals surface area contributed by atoms with Gasteiger partial charge in [-0.2, -0.15) is 13.2 Å². The predicted octanol–water partition coefficient (Wildman–Crippen LogP) is 5.67. The van der Waals surface area contributed by atoms with Crippen molar-refractivity contribution in [3.8, 4) is 0 Å². The molecule has 44 heavy (non-hydrogen) atoms. The van der Waals surface area contributed by atoms with Crippen LogP contribution in [0.25, 0.3) is 10.9 Å². The number of nitrogens with one attached hydrogen (secondary N) is 2. The van der Waals surface area contributed by atoms with E-state index in [4.69, 9.17) is 11.6 Å². The molecule has 2 atom stereocenters. The van der Waals surface area contributed by atoms with Crippen molar-refractivity contribution in [2.24, 2.45) is 0 Å². The van der Waals surface area contributed by atoms with E-state index in [1.54, 1.807) is 41.3 Å². The number of aromatic amines is 1. The van der Waals surface area contributed by atoms with Gasteiger partial charge in [-0.15, -0.1) is 0 Å². The number of carbonyl (C=O) groups is 2. The van der Waals surface area contributed by atoms with Crippen molar-refractivity contribution in [2.45, 2.75) is 55.5 Å². The summed E-state index contributed by atoms with van der Waals surface area (Å²) in [6.07, 6.45) is -3.80. The molecule has 0 saturated carbocycles. The zero-order valence-electron chi connectivity index (χ0n) is 23.6. The second-order valence-electron chi connectivity index (χ2n) is 11.8. The number of carbonyl (C=O) groups excluding carboxylic acids is 2. The van der Waals surface area contributed by atoms with Crippen LogP contribution in [-0.4, -0.2) is 51.0 Å². The summed E-state index contributed by atoms with van der Waals surface area (Å²) in [5.74, 6) is -0.648. The van der Waals surface area contributed by atoms with Crippen LogP contribution in [0, 0.1) is 0 Å². The average Bonchev–Trinajstić information content (AvgIpc) is 3.41. The topological polar surface area (TPSA) is 106 Å². The van der Waals surface area contributed by atoms with Gasteiger partial charge in [0.1, 0.15) is 11.3 Å². The third kappa shape index (κ3) is 5.94. The molecule has 6 rings (SSSR count). The van der Waals surface area contributed by atoms with Crippen molar-refractivity contribution in [1.29, 1.82) is 0 Å². The molecule has 1 saturated heterocycles. The number of nitrogens with zero attached hydrogens (tertiary/aromatic N) is 1. The molecule has 2 aliphatic rings. The van der Waals surface area contributed by atoms with Gasteiger partial charge in [0.25, 0.3) is 5.91 Å². The van der Waals surface area contributed by atoms with Crippen molar-refractivity contribution < 1.29 is 33.0 Å². The summed E-state index contributed by atoms with van der Waals surface area (Å²) in [6.45, 7) is 0.358. The smallest absolute Gasteiger partial charge is 0.385 e. The molecule has 0 radical (unpaired) electrons. The molecule has 1 fully saturated rings. The number of fused-ring (bicyclic) bond motifs is 2. The van der Waals surface area contributed by atoms with Crippen molar-refractivity contribution in [1.82, 2.24) is 15.2 Å². The van der Waals surface area contributed by atoms with Crippen LogP contribution in [0.3, 0.4) is 0 Å². The number of piperidine rings is 1. The third-order valence-electron chi connectivity index (χ3n) is 8.87. The molecule has 1 aliphatic carbocycles. The number of alkyl halides is 3. The molecule has 4 aromatic rings. The molecule has 2 heterocycles. The van der Waals surface area contributed by atoms with Gasteiger partial charge < -0.3 is 25.4 Å². The zero-order chi connectivity index (χ0) is 31.3. The molecule has 1 aliphatic heterocycles. The molecular weight excluding hydrogens is 595 g/mol. The van der Waals surface area contributed by atoms with Crippen LogP contribution in [0.5, 0.6) is 0 Å². The van der Waals surface area contributed by atoms with Crippen molar-refractivity contribution in [3.05, 3.63) is 106 Å². The van der Waals surface area contributed by atoms with Gasteiger partial charge in [-0.1, -0.05) is 48.0 Å². The number of halogens is 4. The molecule has 7 nitrogen and oxygen atoms in total. The van der Waals surface area contributed by atoms with E-state index in [2.05, 4.69) is 10.3 Å². The SMILES string of the molecule is O=C(NC1Cc2ccccc2[C@@](O)(CC(=O)N2CCC(O)(c3ccc(C(F)(F)F)cc3)CC2)C1)c1cc2cc(Cl)ccc2[nH]1. The summed E-state index contributed by atoms with van der Waals surface area (Å²) < 4.78 is 38.9.